The number of carbonyl (C=O) groups excluding carboxylic acids is 1. The van der Waals surface area contributed by atoms with Gasteiger partial charge in [0, 0.05) is 18.3 Å². The molecular formula is C22H24FN3O. The molecule has 0 spiro atoms. The Kier molecular flexibility index (Phi) is 5.40. The summed E-state index contributed by atoms with van der Waals surface area (Å²) >= 11 is 0. The first-order valence-corrected chi connectivity index (χ1v) is 9.00. The molecule has 0 aliphatic heterocycles. The molecule has 3 aromatic rings. The van der Waals surface area contributed by atoms with Crippen molar-refractivity contribution < 1.29 is 9.18 Å². The van der Waals surface area contributed by atoms with Crippen LogP contribution in [0.15, 0.2) is 54.6 Å². The summed E-state index contributed by atoms with van der Waals surface area (Å²) < 4.78 is 15.0. The maximum atomic E-state index is 13.1. The third-order valence-electron chi connectivity index (χ3n) is 5.10. The highest BCUT2D eigenvalue weighted by Crippen LogP contribution is 2.23. The van der Waals surface area contributed by atoms with Crippen molar-refractivity contribution in [1.82, 2.24) is 14.7 Å². The number of hydrogen-bond acceptors (Lipinski definition) is 2. The van der Waals surface area contributed by atoms with E-state index in [0.717, 1.165) is 28.2 Å². The van der Waals surface area contributed by atoms with Crippen LogP contribution in [0.4, 0.5) is 4.39 Å². The molecule has 140 valence electrons. The van der Waals surface area contributed by atoms with Crippen LogP contribution in [0.3, 0.4) is 0 Å². The van der Waals surface area contributed by atoms with E-state index in [-0.39, 0.29) is 24.2 Å². The Hall–Kier alpha value is -2.95. The number of aromatic nitrogens is 2. The van der Waals surface area contributed by atoms with E-state index in [1.165, 1.54) is 12.1 Å². The number of hydrogen-bond donors (Lipinski definition) is 0. The van der Waals surface area contributed by atoms with E-state index < -0.39 is 0 Å². The smallest absolute Gasteiger partial charge is 0.227 e. The summed E-state index contributed by atoms with van der Waals surface area (Å²) in [6.45, 7) is 5.86. The molecule has 0 aliphatic rings. The lowest BCUT2D eigenvalue weighted by Gasteiger charge is -2.25. The van der Waals surface area contributed by atoms with Crippen molar-refractivity contribution in [3.63, 3.8) is 0 Å². The summed E-state index contributed by atoms with van der Waals surface area (Å²) in [6.07, 6.45) is 0.284. The standard InChI is InChI=1S/C22H24FN3O/c1-15-21(17(3)26(24-15)20-8-6-5-7-9-20)14-22(27)25(4)16(2)18-10-12-19(23)13-11-18/h5-13,16H,14H2,1-4H3. The number of carbonyl (C=O) groups is 1. The molecule has 1 aromatic heterocycles. The first-order valence-electron chi connectivity index (χ1n) is 9.00. The lowest BCUT2D eigenvalue weighted by molar-refractivity contribution is -0.131. The first kappa shape index (κ1) is 18.8. The number of nitrogens with zero attached hydrogens (tertiary/aromatic N) is 3. The van der Waals surface area contributed by atoms with Crippen LogP contribution in [-0.4, -0.2) is 27.6 Å². The van der Waals surface area contributed by atoms with Gasteiger partial charge in [0.25, 0.3) is 0 Å². The van der Waals surface area contributed by atoms with E-state index in [4.69, 9.17) is 0 Å². The summed E-state index contributed by atoms with van der Waals surface area (Å²) in [5.74, 6) is -0.273. The summed E-state index contributed by atoms with van der Waals surface area (Å²) in [7, 11) is 1.78. The Balaban J connectivity index is 1.79. The second kappa shape index (κ2) is 7.74. The van der Waals surface area contributed by atoms with Gasteiger partial charge in [-0.1, -0.05) is 30.3 Å². The van der Waals surface area contributed by atoms with Crippen molar-refractivity contribution in [2.24, 2.45) is 0 Å². The van der Waals surface area contributed by atoms with Gasteiger partial charge in [0.2, 0.25) is 5.91 Å². The van der Waals surface area contributed by atoms with E-state index in [1.54, 1.807) is 24.1 Å². The van der Waals surface area contributed by atoms with E-state index in [0.29, 0.717) is 0 Å². The van der Waals surface area contributed by atoms with Gasteiger partial charge >= 0.3 is 0 Å². The van der Waals surface area contributed by atoms with Crippen LogP contribution in [0.1, 0.15) is 35.5 Å². The summed E-state index contributed by atoms with van der Waals surface area (Å²) in [5.41, 5.74) is 4.65. The second-order valence-electron chi connectivity index (χ2n) is 6.81. The highest BCUT2D eigenvalue weighted by Gasteiger charge is 2.21. The quantitative estimate of drug-likeness (QED) is 0.672. The van der Waals surface area contributed by atoms with Crippen LogP contribution in [0.2, 0.25) is 0 Å². The Morgan fingerprint density at radius 1 is 1.11 bits per heavy atom. The van der Waals surface area contributed by atoms with E-state index >= 15 is 0 Å². The van der Waals surface area contributed by atoms with Crippen LogP contribution < -0.4 is 0 Å². The number of halogens is 1. The van der Waals surface area contributed by atoms with Gasteiger partial charge in [0.05, 0.1) is 23.8 Å². The molecule has 1 atom stereocenters. The highest BCUT2D eigenvalue weighted by atomic mass is 19.1. The molecule has 0 radical (unpaired) electrons. The molecular weight excluding hydrogens is 341 g/mol. The monoisotopic (exact) mass is 365 g/mol. The minimum absolute atomic E-state index is 0.00522. The molecule has 4 nitrogen and oxygen atoms in total. The molecule has 0 saturated heterocycles. The van der Waals surface area contributed by atoms with Crippen LogP contribution in [0.25, 0.3) is 5.69 Å². The van der Waals surface area contributed by atoms with Crippen LogP contribution in [0, 0.1) is 19.7 Å². The maximum Gasteiger partial charge on any atom is 0.227 e. The molecule has 5 heteroatoms. The molecule has 2 aromatic carbocycles. The van der Waals surface area contributed by atoms with Crippen molar-refractivity contribution in [2.45, 2.75) is 33.2 Å². The van der Waals surface area contributed by atoms with Crippen molar-refractivity contribution in [3.8, 4) is 5.69 Å². The first-order chi connectivity index (χ1) is 12.9. The molecule has 0 N–H and O–H groups in total. The average Bonchev–Trinajstić information content (AvgIpc) is 2.96. The van der Waals surface area contributed by atoms with Gasteiger partial charge in [0.1, 0.15) is 5.82 Å². The molecule has 27 heavy (non-hydrogen) atoms. The molecule has 3 rings (SSSR count). The van der Waals surface area contributed by atoms with Gasteiger partial charge in [-0.3, -0.25) is 4.79 Å². The van der Waals surface area contributed by atoms with Crippen molar-refractivity contribution >= 4 is 5.91 Å². The zero-order valence-electron chi connectivity index (χ0n) is 16.1. The Morgan fingerprint density at radius 2 is 1.74 bits per heavy atom. The number of para-hydroxylation sites is 1. The Labute approximate surface area is 159 Å². The molecule has 0 fully saturated rings. The molecule has 0 saturated carbocycles. The Morgan fingerprint density at radius 3 is 2.37 bits per heavy atom. The number of likely N-dealkylation sites (N-methyl/N-ethyl adjacent to an activating group) is 1. The maximum absolute atomic E-state index is 13.1. The topological polar surface area (TPSA) is 38.1 Å². The van der Waals surface area contributed by atoms with Crippen LogP contribution in [-0.2, 0) is 11.2 Å². The lowest BCUT2D eigenvalue weighted by atomic mass is 10.1. The molecule has 0 aliphatic carbocycles. The fraction of sp³-hybridized carbons (Fsp3) is 0.273. The zero-order valence-corrected chi connectivity index (χ0v) is 16.1. The number of rotatable bonds is 5. The van der Waals surface area contributed by atoms with Gasteiger partial charge in [-0.05, 0) is 50.6 Å². The van der Waals surface area contributed by atoms with Gasteiger partial charge < -0.3 is 4.90 Å². The summed E-state index contributed by atoms with van der Waals surface area (Å²) in [4.78, 5) is 14.6. The van der Waals surface area contributed by atoms with Gasteiger partial charge in [-0.2, -0.15) is 5.10 Å². The fourth-order valence-electron chi connectivity index (χ4n) is 3.21. The second-order valence-corrected chi connectivity index (χ2v) is 6.81. The largest absolute Gasteiger partial charge is 0.339 e. The van der Waals surface area contributed by atoms with Gasteiger partial charge in [0.15, 0.2) is 0 Å². The third kappa shape index (κ3) is 3.92. The van der Waals surface area contributed by atoms with E-state index in [1.807, 2.05) is 55.8 Å². The fourth-order valence-corrected chi connectivity index (χ4v) is 3.21. The molecule has 1 unspecified atom stereocenters. The normalized spacial score (nSPS) is 12.0. The highest BCUT2D eigenvalue weighted by molar-refractivity contribution is 5.79. The predicted molar refractivity (Wildman–Crippen MR) is 104 cm³/mol. The lowest BCUT2D eigenvalue weighted by Crippen LogP contribution is -2.31. The van der Waals surface area contributed by atoms with E-state index in [2.05, 4.69) is 5.10 Å². The molecule has 0 bridgehead atoms. The van der Waals surface area contributed by atoms with Crippen molar-refractivity contribution in [3.05, 3.63) is 82.9 Å². The predicted octanol–water partition coefficient (Wildman–Crippen LogP) is 4.39. The average molecular weight is 365 g/mol. The number of benzene rings is 2. The third-order valence-corrected chi connectivity index (χ3v) is 5.10. The molecule has 1 amide bonds. The summed E-state index contributed by atoms with van der Waals surface area (Å²) in [6, 6.07) is 16.0. The zero-order chi connectivity index (χ0) is 19.6. The molecule has 1 heterocycles. The Bertz CT molecular complexity index is 932. The van der Waals surface area contributed by atoms with Crippen molar-refractivity contribution in [2.75, 3.05) is 7.05 Å². The minimum atomic E-state index is -0.278. The number of aryl methyl sites for hydroxylation is 1. The van der Waals surface area contributed by atoms with E-state index in [9.17, 15) is 9.18 Å². The minimum Gasteiger partial charge on any atom is -0.339 e. The summed E-state index contributed by atoms with van der Waals surface area (Å²) in [5, 5.41) is 4.61. The van der Waals surface area contributed by atoms with Crippen molar-refractivity contribution in [1.29, 1.82) is 0 Å². The van der Waals surface area contributed by atoms with Crippen LogP contribution >= 0.6 is 0 Å². The van der Waals surface area contributed by atoms with Crippen LogP contribution in [0.5, 0.6) is 0 Å². The van der Waals surface area contributed by atoms with Gasteiger partial charge in [-0.15, -0.1) is 0 Å². The number of amides is 1. The SMILES string of the molecule is Cc1nn(-c2ccccc2)c(C)c1CC(=O)N(C)C(C)c1ccc(F)cc1. The van der Waals surface area contributed by atoms with Gasteiger partial charge in [-0.25, -0.2) is 9.07 Å².